The minimum Gasteiger partial charge on any atom is -0.492 e. The maximum absolute atomic E-state index is 5.85. The fourth-order valence-electron chi connectivity index (χ4n) is 2.75. The van der Waals surface area contributed by atoms with Crippen LogP contribution in [0.25, 0.3) is 11.2 Å². The van der Waals surface area contributed by atoms with Crippen molar-refractivity contribution in [1.82, 2.24) is 19.5 Å². The average molecular weight is 330 g/mol. The van der Waals surface area contributed by atoms with Crippen molar-refractivity contribution < 1.29 is 4.74 Å². The van der Waals surface area contributed by atoms with Gasteiger partial charge < -0.3 is 9.30 Å². The summed E-state index contributed by atoms with van der Waals surface area (Å²) in [5, 5.41) is 0. The zero-order valence-corrected chi connectivity index (χ0v) is 13.7. The molecule has 0 spiro atoms. The van der Waals surface area contributed by atoms with Gasteiger partial charge in [0.2, 0.25) is 0 Å². The van der Waals surface area contributed by atoms with E-state index < -0.39 is 0 Å². The second-order valence-electron chi connectivity index (χ2n) is 5.77. The van der Waals surface area contributed by atoms with Gasteiger partial charge in [-0.25, -0.2) is 9.97 Å². The van der Waals surface area contributed by atoms with Crippen molar-refractivity contribution in [3.05, 3.63) is 84.6 Å². The summed E-state index contributed by atoms with van der Waals surface area (Å²) in [6.45, 7) is 1.32. The molecule has 0 radical (unpaired) electrons. The second kappa shape index (κ2) is 7.13. The van der Waals surface area contributed by atoms with Gasteiger partial charge in [0, 0.05) is 24.5 Å². The zero-order valence-electron chi connectivity index (χ0n) is 13.7. The van der Waals surface area contributed by atoms with Crippen LogP contribution in [0.5, 0.6) is 5.75 Å². The van der Waals surface area contributed by atoms with Crippen molar-refractivity contribution >= 4 is 11.2 Å². The van der Waals surface area contributed by atoms with E-state index in [1.807, 2.05) is 48.7 Å². The van der Waals surface area contributed by atoms with Crippen LogP contribution < -0.4 is 4.74 Å². The van der Waals surface area contributed by atoms with E-state index in [0.717, 1.165) is 35.6 Å². The Morgan fingerprint density at radius 2 is 1.72 bits per heavy atom. The molecule has 0 aliphatic rings. The standard InChI is InChI=1S/C20H18N4O/c1-2-10-21-17(4-1)14-16-6-8-18(9-7-16)25-13-12-24-15-23-20-19(24)5-3-11-22-20/h1-11,15H,12-14H2. The molecule has 5 nitrogen and oxygen atoms in total. The molecule has 3 aromatic heterocycles. The van der Waals surface area contributed by atoms with Crippen molar-refractivity contribution in [2.45, 2.75) is 13.0 Å². The van der Waals surface area contributed by atoms with E-state index in [4.69, 9.17) is 4.74 Å². The highest BCUT2D eigenvalue weighted by Crippen LogP contribution is 2.15. The molecule has 0 aliphatic heterocycles. The lowest BCUT2D eigenvalue weighted by atomic mass is 10.1. The summed E-state index contributed by atoms with van der Waals surface area (Å²) in [6.07, 6.45) is 6.21. The normalized spacial score (nSPS) is 10.9. The average Bonchev–Trinajstić information content (AvgIpc) is 3.07. The first-order valence-electron chi connectivity index (χ1n) is 8.26. The molecule has 0 saturated heterocycles. The van der Waals surface area contributed by atoms with Crippen LogP contribution in [0.3, 0.4) is 0 Å². The Morgan fingerprint density at radius 1 is 0.840 bits per heavy atom. The first kappa shape index (κ1) is 15.3. The van der Waals surface area contributed by atoms with Crippen LogP contribution in [0.4, 0.5) is 0 Å². The van der Waals surface area contributed by atoms with Crippen LogP contribution in [-0.4, -0.2) is 26.1 Å². The molecule has 0 fully saturated rings. The topological polar surface area (TPSA) is 52.8 Å². The number of rotatable bonds is 6. The monoisotopic (exact) mass is 330 g/mol. The molecule has 0 amide bonds. The van der Waals surface area contributed by atoms with Crippen molar-refractivity contribution in [3.63, 3.8) is 0 Å². The second-order valence-corrected chi connectivity index (χ2v) is 5.77. The van der Waals surface area contributed by atoms with Gasteiger partial charge in [-0.3, -0.25) is 4.98 Å². The van der Waals surface area contributed by atoms with Gasteiger partial charge in [-0.15, -0.1) is 0 Å². The Balaban J connectivity index is 1.34. The Bertz CT molecular complexity index is 948. The lowest BCUT2D eigenvalue weighted by molar-refractivity contribution is 0.300. The van der Waals surface area contributed by atoms with Crippen LogP contribution in [0.15, 0.2) is 73.3 Å². The molecule has 0 N–H and O–H groups in total. The third kappa shape index (κ3) is 3.66. The van der Waals surface area contributed by atoms with E-state index in [0.29, 0.717) is 6.61 Å². The van der Waals surface area contributed by atoms with Gasteiger partial charge in [-0.05, 0) is 42.0 Å². The first-order valence-corrected chi connectivity index (χ1v) is 8.26. The van der Waals surface area contributed by atoms with Gasteiger partial charge in [-0.1, -0.05) is 18.2 Å². The third-order valence-electron chi connectivity index (χ3n) is 4.03. The summed E-state index contributed by atoms with van der Waals surface area (Å²) in [4.78, 5) is 12.9. The number of benzene rings is 1. The highest BCUT2D eigenvalue weighted by atomic mass is 16.5. The van der Waals surface area contributed by atoms with Crippen LogP contribution >= 0.6 is 0 Å². The van der Waals surface area contributed by atoms with Crippen molar-refractivity contribution in [1.29, 1.82) is 0 Å². The minimum absolute atomic E-state index is 0.583. The van der Waals surface area contributed by atoms with Gasteiger partial charge in [0.25, 0.3) is 0 Å². The fourth-order valence-corrected chi connectivity index (χ4v) is 2.75. The van der Waals surface area contributed by atoms with Crippen LogP contribution in [0.2, 0.25) is 0 Å². The van der Waals surface area contributed by atoms with E-state index in [9.17, 15) is 0 Å². The van der Waals surface area contributed by atoms with Gasteiger partial charge in [0.1, 0.15) is 12.4 Å². The lowest BCUT2D eigenvalue weighted by Crippen LogP contribution is -2.07. The van der Waals surface area contributed by atoms with E-state index in [-0.39, 0.29) is 0 Å². The summed E-state index contributed by atoms with van der Waals surface area (Å²) in [5.41, 5.74) is 4.08. The molecule has 124 valence electrons. The quantitative estimate of drug-likeness (QED) is 0.543. The Hall–Kier alpha value is -3.21. The molecule has 0 aliphatic carbocycles. The van der Waals surface area contributed by atoms with Gasteiger partial charge in [-0.2, -0.15) is 0 Å². The summed E-state index contributed by atoms with van der Waals surface area (Å²) in [5.74, 6) is 0.868. The van der Waals surface area contributed by atoms with E-state index >= 15 is 0 Å². The number of pyridine rings is 2. The number of ether oxygens (including phenoxy) is 1. The van der Waals surface area contributed by atoms with Crippen LogP contribution in [0, 0.1) is 0 Å². The molecular formula is C20H18N4O. The summed E-state index contributed by atoms with van der Waals surface area (Å²) >= 11 is 0. The van der Waals surface area contributed by atoms with Crippen LogP contribution in [0.1, 0.15) is 11.3 Å². The maximum Gasteiger partial charge on any atom is 0.177 e. The summed E-state index contributed by atoms with van der Waals surface area (Å²) in [6, 6.07) is 18.1. The highest BCUT2D eigenvalue weighted by molar-refractivity contribution is 5.70. The van der Waals surface area contributed by atoms with Crippen LogP contribution in [-0.2, 0) is 13.0 Å². The maximum atomic E-state index is 5.85. The number of imidazole rings is 1. The zero-order chi connectivity index (χ0) is 16.9. The molecule has 1 aromatic carbocycles. The van der Waals surface area contributed by atoms with Gasteiger partial charge in [0.05, 0.1) is 18.4 Å². The molecule has 0 unspecified atom stereocenters. The van der Waals surface area contributed by atoms with E-state index in [1.54, 1.807) is 12.5 Å². The molecule has 4 rings (SSSR count). The third-order valence-corrected chi connectivity index (χ3v) is 4.03. The van der Waals surface area contributed by atoms with Gasteiger partial charge >= 0.3 is 0 Å². The molecule has 5 heteroatoms. The van der Waals surface area contributed by atoms with Crippen molar-refractivity contribution in [2.75, 3.05) is 6.61 Å². The molecular weight excluding hydrogens is 312 g/mol. The number of fused-ring (bicyclic) bond motifs is 1. The number of hydrogen-bond acceptors (Lipinski definition) is 4. The number of aromatic nitrogens is 4. The highest BCUT2D eigenvalue weighted by Gasteiger charge is 2.03. The summed E-state index contributed by atoms with van der Waals surface area (Å²) in [7, 11) is 0. The Morgan fingerprint density at radius 3 is 2.56 bits per heavy atom. The minimum atomic E-state index is 0.583. The van der Waals surface area contributed by atoms with Crippen molar-refractivity contribution in [2.24, 2.45) is 0 Å². The molecule has 0 bridgehead atoms. The predicted molar refractivity (Wildman–Crippen MR) is 96.5 cm³/mol. The largest absolute Gasteiger partial charge is 0.492 e. The summed E-state index contributed by atoms with van der Waals surface area (Å²) < 4.78 is 7.90. The van der Waals surface area contributed by atoms with Crippen molar-refractivity contribution in [3.8, 4) is 5.75 Å². The molecule has 25 heavy (non-hydrogen) atoms. The number of nitrogens with zero attached hydrogens (tertiary/aromatic N) is 4. The van der Waals surface area contributed by atoms with Gasteiger partial charge in [0.15, 0.2) is 5.65 Å². The molecule has 0 atom stereocenters. The smallest absolute Gasteiger partial charge is 0.177 e. The van der Waals surface area contributed by atoms with E-state index in [2.05, 4.69) is 31.7 Å². The Labute approximate surface area is 146 Å². The molecule has 0 saturated carbocycles. The molecule has 4 aromatic rings. The SMILES string of the molecule is c1ccc(Cc2ccc(OCCn3cnc4ncccc43)cc2)nc1. The number of hydrogen-bond donors (Lipinski definition) is 0. The van der Waals surface area contributed by atoms with E-state index in [1.165, 1.54) is 5.56 Å². The lowest BCUT2D eigenvalue weighted by Gasteiger charge is -2.08. The fraction of sp³-hybridized carbons (Fsp3) is 0.150. The Kier molecular flexibility index (Phi) is 4.37. The predicted octanol–water partition coefficient (Wildman–Crippen LogP) is 3.50. The molecule has 3 heterocycles. The first-order chi connectivity index (χ1) is 12.4.